The summed E-state index contributed by atoms with van der Waals surface area (Å²) in [6.07, 6.45) is 3.19. The van der Waals surface area contributed by atoms with Crippen molar-refractivity contribution in [2.75, 3.05) is 60.7 Å². The SMILES string of the molecule is CCNC(=NCCc1c(OC)cc(OC)cc1OC)N1CCOC(C2CCCO2)C1. The average Bonchev–Trinajstić information content (AvgIpc) is 3.33. The number of rotatable bonds is 8. The van der Waals surface area contributed by atoms with Gasteiger partial charge in [0.2, 0.25) is 0 Å². The third-order valence-electron chi connectivity index (χ3n) is 5.55. The first-order valence-electron chi connectivity index (χ1n) is 10.8. The summed E-state index contributed by atoms with van der Waals surface area (Å²) in [4.78, 5) is 7.16. The van der Waals surface area contributed by atoms with E-state index in [1.54, 1.807) is 21.3 Å². The maximum Gasteiger partial charge on any atom is 0.194 e. The number of guanidine groups is 1. The van der Waals surface area contributed by atoms with Crippen molar-refractivity contribution < 1.29 is 23.7 Å². The van der Waals surface area contributed by atoms with E-state index in [0.29, 0.717) is 25.3 Å². The van der Waals surface area contributed by atoms with Crippen molar-refractivity contribution in [1.82, 2.24) is 10.2 Å². The van der Waals surface area contributed by atoms with Crippen LogP contribution in [0.5, 0.6) is 17.2 Å². The minimum absolute atomic E-state index is 0.104. The highest BCUT2D eigenvalue weighted by Crippen LogP contribution is 2.34. The molecule has 1 N–H and O–H groups in total. The summed E-state index contributed by atoms with van der Waals surface area (Å²) < 4.78 is 28.3. The van der Waals surface area contributed by atoms with Crippen molar-refractivity contribution in [2.24, 2.45) is 4.99 Å². The topological polar surface area (TPSA) is 73.8 Å². The van der Waals surface area contributed by atoms with Gasteiger partial charge in [0.25, 0.3) is 0 Å². The lowest BCUT2D eigenvalue weighted by molar-refractivity contribution is -0.0817. The number of morpholine rings is 1. The van der Waals surface area contributed by atoms with Crippen LogP contribution < -0.4 is 19.5 Å². The highest BCUT2D eigenvalue weighted by molar-refractivity contribution is 5.80. The van der Waals surface area contributed by atoms with E-state index < -0.39 is 0 Å². The zero-order valence-electron chi connectivity index (χ0n) is 18.6. The van der Waals surface area contributed by atoms with Gasteiger partial charge in [-0.1, -0.05) is 0 Å². The van der Waals surface area contributed by atoms with E-state index in [1.807, 2.05) is 12.1 Å². The van der Waals surface area contributed by atoms with Crippen molar-refractivity contribution in [1.29, 1.82) is 0 Å². The van der Waals surface area contributed by atoms with Gasteiger partial charge >= 0.3 is 0 Å². The molecule has 2 saturated heterocycles. The third kappa shape index (κ3) is 5.49. The summed E-state index contributed by atoms with van der Waals surface area (Å²) in [6, 6.07) is 3.75. The number of hydrogen-bond donors (Lipinski definition) is 1. The Morgan fingerprint density at radius 3 is 2.43 bits per heavy atom. The summed E-state index contributed by atoms with van der Waals surface area (Å²) in [5.74, 6) is 3.11. The number of methoxy groups -OCH3 is 3. The average molecular weight is 422 g/mol. The van der Waals surface area contributed by atoms with Crippen LogP contribution in [0.4, 0.5) is 0 Å². The normalized spacial score (nSPS) is 22.1. The minimum atomic E-state index is 0.104. The lowest BCUT2D eigenvalue weighted by Crippen LogP contribution is -2.53. The lowest BCUT2D eigenvalue weighted by Gasteiger charge is -2.37. The first-order valence-corrected chi connectivity index (χ1v) is 10.8. The fourth-order valence-corrected chi connectivity index (χ4v) is 4.01. The standard InChI is InChI=1S/C22H35N3O5/c1-5-23-22(25-10-12-30-21(15-25)18-7-6-11-29-18)24-9-8-17-19(27-3)13-16(26-2)14-20(17)28-4/h13-14,18,21H,5-12,15H2,1-4H3,(H,23,24). The van der Waals surface area contributed by atoms with Crippen molar-refractivity contribution in [3.05, 3.63) is 17.7 Å². The smallest absolute Gasteiger partial charge is 0.194 e. The van der Waals surface area contributed by atoms with Crippen LogP contribution >= 0.6 is 0 Å². The molecule has 3 rings (SSSR count). The molecule has 168 valence electrons. The van der Waals surface area contributed by atoms with Gasteiger partial charge in [0.05, 0.1) is 34.0 Å². The van der Waals surface area contributed by atoms with Gasteiger partial charge in [0, 0.05) is 50.5 Å². The van der Waals surface area contributed by atoms with Gasteiger partial charge in [0.15, 0.2) is 5.96 Å². The van der Waals surface area contributed by atoms with Crippen LogP contribution in [0.1, 0.15) is 25.3 Å². The van der Waals surface area contributed by atoms with E-state index in [1.165, 1.54) is 0 Å². The maximum absolute atomic E-state index is 5.98. The fraction of sp³-hybridized carbons (Fsp3) is 0.682. The highest BCUT2D eigenvalue weighted by atomic mass is 16.5. The second kappa shape index (κ2) is 11.3. The number of benzene rings is 1. The second-order valence-corrected chi connectivity index (χ2v) is 7.40. The zero-order valence-corrected chi connectivity index (χ0v) is 18.6. The summed E-state index contributed by atoms with van der Waals surface area (Å²) in [6.45, 7) is 6.66. The molecule has 2 heterocycles. The molecule has 2 atom stereocenters. The van der Waals surface area contributed by atoms with Crippen LogP contribution in [0.15, 0.2) is 17.1 Å². The van der Waals surface area contributed by atoms with Gasteiger partial charge in [-0.05, 0) is 26.2 Å². The molecule has 0 bridgehead atoms. The number of nitrogens with zero attached hydrogens (tertiary/aromatic N) is 2. The number of hydrogen-bond acceptors (Lipinski definition) is 6. The van der Waals surface area contributed by atoms with Gasteiger partial charge in [-0.3, -0.25) is 4.99 Å². The number of nitrogens with one attached hydrogen (secondary N) is 1. The van der Waals surface area contributed by atoms with E-state index in [9.17, 15) is 0 Å². The predicted molar refractivity (Wildman–Crippen MR) is 116 cm³/mol. The van der Waals surface area contributed by atoms with Gasteiger partial charge < -0.3 is 33.9 Å². The molecule has 0 aromatic heterocycles. The van der Waals surface area contributed by atoms with Crippen molar-refractivity contribution >= 4 is 5.96 Å². The van der Waals surface area contributed by atoms with Crippen LogP contribution in [0.25, 0.3) is 0 Å². The van der Waals surface area contributed by atoms with Crippen molar-refractivity contribution in [3.63, 3.8) is 0 Å². The van der Waals surface area contributed by atoms with Crippen LogP contribution in [0.3, 0.4) is 0 Å². The molecular weight excluding hydrogens is 386 g/mol. The van der Waals surface area contributed by atoms with E-state index in [0.717, 1.165) is 62.1 Å². The van der Waals surface area contributed by atoms with Crippen LogP contribution in [0.2, 0.25) is 0 Å². The Labute approximate surface area is 179 Å². The van der Waals surface area contributed by atoms with Gasteiger partial charge in [-0.25, -0.2) is 0 Å². The van der Waals surface area contributed by atoms with Gasteiger partial charge in [0.1, 0.15) is 23.4 Å². The van der Waals surface area contributed by atoms with Gasteiger partial charge in [-0.2, -0.15) is 0 Å². The predicted octanol–water partition coefficient (Wildman–Crippen LogP) is 2.10. The summed E-state index contributed by atoms with van der Waals surface area (Å²) in [5, 5.41) is 3.42. The molecule has 0 aliphatic carbocycles. The van der Waals surface area contributed by atoms with Crippen LogP contribution in [-0.4, -0.2) is 83.8 Å². The molecule has 2 aliphatic rings. The quantitative estimate of drug-likeness (QED) is 0.509. The van der Waals surface area contributed by atoms with Gasteiger partial charge in [-0.15, -0.1) is 0 Å². The summed E-state index contributed by atoms with van der Waals surface area (Å²) in [5.41, 5.74) is 0.986. The molecule has 0 saturated carbocycles. The monoisotopic (exact) mass is 421 g/mol. The molecule has 1 aromatic carbocycles. The van der Waals surface area contributed by atoms with Crippen molar-refractivity contribution in [3.8, 4) is 17.2 Å². The molecule has 0 amide bonds. The van der Waals surface area contributed by atoms with E-state index in [-0.39, 0.29) is 12.2 Å². The Balaban J connectivity index is 1.69. The Morgan fingerprint density at radius 1 is 1.10 bits per heavy atom. The van der Waals surface area contributed by atoms with Crippen LogP contribution in [0, 0.1) is 0 Å². The van der Waals surface area contributed by atoms with E-state index in [4.69, 9.17) is 28.7 Å². The Bertz CT molecular complexity index is 681. The summed E-state index contributed by atoms with van der Waals surface area (Å²) >= 11 is 0. The molecule has 0 spiro atoms. The molecule has 0 radical (unpaired) electrons. The molecule has 2 unspecified atom stereocenters. The lowest BCUT2D eigenvalue weighted by atomic mass is 10.1. The number of ether oxygens (including phenoxy) is 5. The molecule has 8 nitrogen and oxygen atoms in total. The zero-order chi connectivity index (χ0) is 21.3. The molecule has 30 heavy (non-hydrogen) atoms. The van der Waals surface area contributed by atoms with Crippen LogP contribution in [-0.2, 0) is 15.9 Å². The van der Waals surface area contributed by atoms with E-state index in [2.05, 4.69) is 17.1 Å². The maximum atomic E-state index is 5.98. The second-order valence-electron chi connectivity index (χ2n) is 7.40. The number of aliphatic imine (C=N–C) groups is 1. The Kier molecular flexibility index (Phi) is 8.45. The van der Waals surface area contributed by atoms with E-state index >= 15 is 0 Å². The molecule has 2 fully saturated rings. The molecular formula is C22H35N3O5. The Morgan fingerprint density at radius 2 is 1.83 bits per heavy atom. The Hall–Kier alpha value is -2.19. The van der Waals surface area contributed by atoms with Crippen molar-refractivity contribution in [2.45, 2.75) is 38.4 Å². The minimum Gasteiger partial charge on any atom is -0.496 e. The largest absolute Gasteiger partial charge is 0.496 e. The third-order valence-corrected chi connectivity index (χ3v) is 5.55. The molecule has 1 aromatic rings. The summed E-state index contributed by atoms with van der Waals surface area (Å²) in [7, 11) is 4.95. The first-order chi connectivity index (χ1) is 14.7. The molecule has 8 heteroatoms. The fourth-order valence-electron chi connectivity index (χ4n) is 4.01. The highest BCUT2D eigenvalue weighted by Gasteiger charge is 2.32. The molecule has 2 aliphatic heterocycles. The first kappa shape index (κ1) is 22.5.